The van der Waals surface area contributed by atoms with Crippen LogP contribution in [0.1, 0.15) is 28.8 Å². The van der Waals surface area contributed by atoms with Crippen molar-refractivity contribution in [1.29, 1.82) is 0 Å². The van der Waals surface area contributed by atoms with E-state index in [1.807, 2.05) is 0 Å². The number of carbonyl (C=O) groups excluding carboxylic acids is 2. The van der Waals surface area contributed by atoms with Crippen molar-refractivity contribution in [2.24, 2.45) is 0 Å². The summed E-state index contributed by atoms with van der Waals surface area (Å²) in [6.45, 7) is 0.957. The topological polar surface area (TPSA) is 58.6 Å². The zero-order chi connectivity index (χ0) is 21.0. The van der Waals surface area contributed by atoms with E-state index in [0.717, 1.165) is 5.56 Å². The summed E-state index contributed by atoms with van der Waals surface area (Å²) in [5, 5.41) is 3.59. The minimum absolute atomic E-state index is 0.0243. The van der Waals surface area contributed by atoms with Crippen LogP contribution in [0.15, 0.2) is 36.4 Å². The number of likely N-dealkylation sites (tertiary alicyclic amines) is 1. The second-order valence-electron chi connectivity index (χ2n) is 6.87. The molecule has 1 N–H and O–H groups in total. The molecule has 1 aliphatic rings. The predicted octanol–water partition coefficient (Wildman–Crippen LogP) is 4.10. The van der Waals surface area contributed by atoms with Gasteiger partial charge in [0.15, 0.2) is 5.75 Å². The number of benzene rings is 2. The van der Waals surface area contributed by atoms with Gasteiger partial charge in [0, 0.05) is 19.1 Å². The zero-order valence-electron chi connectivity index (χ0n) is 15.9. The smallest absolute Gasteiger partial charge is 0.259 e. The lowest BCUT2D eigenvalue weighted by Gasteiger charge is -2.33. The first-order valence-corrected chi connectivity index (χ1v) is 9.99. The van der Waals surface area contributed by atoms with Crippen molar-refractivity contribution in [2.75, 3.05) is 20.2 Å². The van der Waals surface area contributed by atoms with Crippen molar-refractivity contribution in [3.8, 4) is 5.75 Å². The van der Waals surface area contributed by atoms with Gasteiger partial charge in [0.2, 0.25) is 5.91 Å². The van der Waals surface area contributed by atoms with Crippen LogP contribution < -0.4 is 10.1 Å². The molecule has 5 nitrogen and oxygen atoms in total. The van der Waals surface area contributed by atoms with Crippen molar-refractivity contribution in [3.05, 3.63) is 63.4 Å². The van der Waals surface area contributed by atoms with Gasteiger partial charge in [0.05, 0.1) is 23.6 Å². The van der Waals surface area contributed by atoms with Gasteiger partial charge in [-0.1, -0.05) is 35.3 Å². The number of hydrogen-bond donors (Lipinski definition) is 1. The number of carbonyl (C=O) groups is 2. The largest absolute Gasteiger partial charge is 0.494 e. The first-order chi connectivity index (χ1) is 13.9. The van der Waals surface area contributed by atoms with E-state index in [0.29, 0.717) is 31.0 Å². The fourth-order valence-corrected chi connectivity index (χ4v) is 3.85. The molecule has 1 heterocycles. The van der Waals surface area contributed by atoms with E-state index < -0.39 is 0 Å². The van der Waals surface area contributed by atoms with Gasteiger partial charge in [-0.2, -0.15) is 0 Å². The van der Waals surface area contributed by atoms with Crippen molar-refractivity contribution in [1.82, 2.24) is 10.2 Å². The van der Waals surface area contributed by atoms with Crippen LogP contribution in [0, 0.1) is 5.82 Å². The van der Waals surface area contributed by atoms with Crippen molar-refractivity contribution < 1.29 is 18.7 Å². The van der Waals surface area contributed by atoms with Gasteiger partial charge in [-0.15, -0.1) is 0 Å². The molecule has 1 saturated heterocycles. The van der Waals surface area contributed by atoms with Crippen LogP contribution in [0.25, 0.3) is 0 Å². The van der Waals surface area contributed by atoms with E-state index in [1.54, 1.807) is 29.2 Å². The number of nitrogens with one attached hydrogen (secondary N) is 1. The Balaban J connectivity index is 1.56. The van der Waals surface area contributed by atoms with Crippen LogP contribution in [0.3, 0.4) is 0 Å². The molecule has 0 aromatic heterocycles. The first kappa shape index (κ1) is 21.4. The minimum atomic E-state index is -0.331. The first-order valence-electron chi connectivity index (χ1n) is 9.24. The molecular weight excluding hydrogens is 418 g/mol. The highest BCUT2D eigenvalue weighted by Crippen LogP contribution is 2.35. The van der Waals surface area contributed by atoms with E-state index in [9.17, 15) is 14.0 Å². The number of piperidine rings is 1. The lowest BCUT2D eigenvalue weighted by atomic mass is 10.0. The molecular formula is C21H21Cl2FN2O3. The predicted molar refractivity (Wildman–Crippen MR) is 110 cm³/mol. The number of nitrogens with zero attached hydrogens (tertiary/aromatic N) is 1. The maximum absolute atomic E-state index is 13.0. The Hall–Kier alpha value is -2.31. The average Bonchev–Trinajstić information content (AvgIpc) is 2.71. The Labute approximate surface area is 178 Å². The highest BCUT2D eigenvalue weighted by atomic mass is 35.5. The van der Waals surface area contributed by atoms with Crippen molar-refractivity contribution in [2.45, 2.75) is 25.3 Å². The van der Waals surface area contributed by atoms with E-state index >= 15 is 0 Å². The Morgan fingerprint density at radius 1 is 1.10 bits per heavy atom. The summed E-state index contributed by atoms with van der Waals surface area (Å²) < 4.78 is 18.2. The normalized spacial score (nSPS) is 14.6. The van der Waals surface area contributed by atoms with Crippen molar-refractivity contribution in [3.63, 3.8) is 0 Å². The Morgan fingerprint density at radius 2 is 1.72 bits per heavy atom. The maximum Gasteiger partial charge on any atom is 0.259 e. The molecule has 0 bridgehead atoms. The fraction of sp³-hybridized carbons (Fsp3) is 0.333. The van der Waals surface area contributed by atoms with Gasteiger partial charge < -0.3 is 15.0 Å². The number of hydrogen-bond acceptors (Lipinski definition) is 3. The summed E-state index contributed by atoms with van der Waals surface area (Å²) in [5.74, 6) is -0.437. The fourth-order valence-electron chi connectivity index (χ4n) is 3.38. The standard InChI is InChI=1S/C21H21Cl2FN2O3/c1-29-20-17(23)7-6-16(22)19(20)21(28)26-10-8-15(9-11-26)25-18(27)12-13-2-4-14(24)5-3-13/h2-7,15H,8-12H2,1H3,(H,25,27). The number of halogens is 3. The molecule has 0 radical (unpaired) electrons. The Bertz CT molecular complexity index is 898. The molecule has 0 spiro atoms. The molecule has 1 aliphatic heterocycles. The van der Waals surface area contributed by atoms with Gasteiger partial charge in [-0.3, -0.25) is 9.59 Å². The Kier molecular flexibility index (Phi) is 6.98. The summed E-state index contributed by atoms with van der Waals surface area (Å²) in [6.07, 6.45) is 1.44. The van der Waals surface area contributed by atoms with Gasteiger partial charge in [-0.05, 0) is 42.7 Å². The molecule has 0 saturated carbocycles. The Morgan fingerprint density at radius 3 is 2.34 bits per heavy atom. The SMILES string of the molecule is COc1c(Cl)ccc(Cl)c1C(=O)N1CCC(NC(=O)Cc2ccc(F)cc2)CC1. The monoisotopic (exact) mass is 438 g/mol. The third-order valence-corrected chi connectivity index (χ3v) is 5.51. The highest BCUT2D eigenvalue weighted by molar-refractivity contribution is 6.37. The van der Waals surface area contributed by atoms with E-state index in [1.165, 1.54) is 19.2 Å². The zero-order valence-corrected chi connectivity index (χ0v) is 17.4. The second-order valence-corrected chi connectivity index (χ2v) is 7.69. The van der Waals surface area contributed by atoms with Gasteiger partial charge in [0.1, 0.15) is 11.4 Å². The van der Waals surface area contributed by atoms with E-state index in [2.05, 4.69) is 5.32 Å². The minimum Gasteiger partial charge on any atom is -0.494 e. The lowest BCUT2D eigenvalue weighted by Crippen LogP contribution is -2.47. The molecule has 2 aromatic rings. The number of rotatable bonds is 5. The van der Waals surface area contributed by atoms with Crippen LogP contribution in [0.2, 0.25) is 10.0 Å². The lowest BCUT2D eigenvalue weighted by molar-refractivity contribution is -0.121. The molecule has 0 atom stereocenters. The molecule has 2 aromatic carbocycles. The van der Waals surface area contributed by atoms with Gasteiger partial charge in [0.25, 0.3) is 5.91 Å². The number of ether oxygens (including phenoxy) is 1. The summed E-state index contributed by atoms with van der Waals surface area (Å²) in [5.41, 5.74) is 1.000. The van der Waals surface area contributed by atoms with E-state index in [-0.39, 0.29) is 46.4 Å². The number of amides is 2. The molecule has 1 fully saturated rings. The van der Waals surface area contributed by atoms with Crippen LogP contribution in [-0.2, 0) is 11.2 Å². The molecule has 2 amide bonds. The molecule has 8 heteroatoms. The summed E-state index contributed by atoms with van der Waals surface area (Å²) >= 11 is 12.3. The molecule has 154 valence electrons. The van der Waals surface area contributed by atoms with Crippen molar-refractivity contribution >= 4 is 35.0 Å². The summed E-state index contributed by atoms with van der Waals surface area (Å²) in [4.78, 5) is 26.9. The highest BCUT2D eigenvalue weighted by Gasteiger charge is 2.28. The summed E-state index contributed by atoms with van der Waals surface area (Å²) in [6, 6.07) is 8.99. The van der Waals surface area contributed by atoms with E-state index in [4.69, 9.17) is 27.9 Å². The van der Waals surface area contributed by atoms with Crippen LogP contribution in [0.5, 0.6) is 5.75 Å². The van der Waals surface area contributed by atoms with Crippen LogP contribution >= 0.6 is 23.2 Å². The van der Waals surface area contributed by atoms with Gasteiger partial charge in [-0.25, -0.2) is 4.39 Å². The second kappa shape index (κ2) is 9.46. The molecule has 0 aliphatic carbocycles. The quantitative estimate of drug-likeness (QED) is 0.763. The third-order valence-electron chi connectivity index (χ3n) is 4.90. The number of methoxy groups -OCH3 is 1. The van der Waals surface area contributed by atoms with Crippen LogP contribution in [-0.4, -0.2) is 43.0 Å². The van der Waals surface area contributed by atoms with Gasteiger partial charge >= 0.3 is 0 Å². The third kappa shape index (κ3) is 5.19. The maximum atomic E-state index is 13.0. The molecule has 0 unspecified atom stereocenters. The molecule has 29 heavy (non-hydrogen) atoms. The molecule has 3 rings (SSSR count). The summed E-state index contributed by atoms with van der Waals surface area (Å²) in [7, 11) is 1.44. The average molecular weight is 439 g/mol. The van der Waals surface area contributed by atoms with Crippen LogP contribution in [0.4, 0.5) is 4.39 Å².